The molecule has 2 unspecified atom stereocenters. The summed E-state index contributed by atoms with van der Waals surface area (Å²) >= 11 is 5.16. The number of hydrogen-bond acceptors (Lipinski definition) is 2. The molecule has 2 aliphatic rings. The molecule has 2 nitrogen and oxygen atoms in total. The van der Waals surface area contributed by atoms with Crippen molar-refractivity contribution < 1.29 is 4.79 Å². The van der Waals surface area contributed by atoms with Gasteiger partial charge in [0.05, 0.1) is 6.54 Å². The third-order valence-corrected chi connectivity index (χ3v) is 5.65. The highest BCUT2D eigenvalue weighted by Gasteiger charge is 2.47. The fourth-order valence-corrected chi connectivity index (χ4v) is 4.12. The van der Waals surface area contributed by atoms with E-state index in [1.165, 1.54) is 11.3 Å². The lowest BCUT2D eigenvalue weighted by molar-refractivity contribution is -0.125. The minimum Gasteiger partial charge on any atom is -0.351 e. The van der Waals surface area contributed by atoms with E-state index < -0.39 is 0 Å². The maximum absolute atomic E-state index is 11.9. The largest absolute Gasteiger partial charge is 0.351 e. The summed E-state index contributed by atoms with van der Waals surface area (Å²) < 4.78 is 1.10. The molecule has 0 aromatic carbocycles. The summed E-state index contributed by atoms with van der Waals surface area (Å²) in [6, 6.07) is 2.02. The molecule has 16 heavy (non-hydrogen) atoms. The normalized spacial score (nSPS) is 31.2. The van der Waals surface area contributed by atoms with Crippen molar-refractivity contribution in [2.24, 2.45) is 17.8 Å². The van der Waals surface area contributed by atoms with E-state index in [9.17, 15) is 4.79 Å². The van der Waals surface area contributed by atoms with Gasteiger partial charge in [0.2, 0.25) is 5.91 Å². The van der Waals surface area contributed by atoms with Crippen LogP contribution in [0, 0.1) is 17.8 Å². The molecule has 2 atom stereocenters. The van der Waals surface area contributed by atoms with Crippen molar-refractivity contribution >= 4 is 33.2 Å². The second-order valence-corrected chi connectivity index (χ2v) is 6.69. The maximum atomic E-state index is 11.9. The van der Waals surface area contributed by atoms with Crippen LogP contribution in [-0.4, -0.2) is 5.91 Å². The summed E-state index contributed by atoms with van der Waals surface area (Å²) in [4.78, 5) is 13.1. The second kappa shape index (κ2) is 4.15. The minimum atomic E-state index is 0.257. The van der Waals surface area contributed by atoms with Gasteiger partial charge in [-0.3, -0.25) is 4.79 Å². The molecule has 1 amide bonds. The Balaban J connectivity index is 1.51. The van der Waals surface area contributed by atoms with E-state index in [4.69, 9.17) is 0 Å². The Morgan fingerprint density at radius 1 is 1.44 bits per heavy atom. The predicted molar refractivity (Wildman–Crippen MR) is 68.2 cm³/mol. The Hall–Kier alpha value is -0.350. The van der Waals surface area contributed by atoms with Crippen LogP contribution >= 0.6 is 27.3 Å². The Morgan fingerprint density at radius 2 is 2.19 bits per heavy atom. The highest BCUT2D eigenvalue weighted by atomic mass is 79.9. The topological polar surface area (TPSA) is 29.1 Å². The maximum Gasteiger partial charge on any atom is 0.223 e. The molecule has 3 rings (SSSR count). The zero-order valence-electron chi connectivity index (χ0n) is 8.91. The molecule has 1 aromatic rings. The highest BCUT2D eigenvalue weighted by Crippen LogP contribution is 2.54. The Labute approximate surface area is 108 Å². The molecule has 0 aliphatic heterocycles. The smallest absolute Gasteiger partial charge is 0.223 e. The Morgan fingerprint density at radius 3 is 2.81 bits per heavy atom. The summed E-state index contributed by atoms with van der Waals surface area (Å²) in [5.41, 5.74) is 0. The lowest BCUT2D eigenvalue weighted by Gasteiger charge is -2.11. The van der Waals surface area contributed by atoms with Crippen molar-refractivity contribution in [3.63, 3.8) is 0 Å². The number of fused-ring (bicyclic) bond motifs is 1. The molecular formula is C12H14BrNOS. The SMILES string of the molecule is O=C(NCc1sccc1Br)C1CC2CC2C1. The molecule has 2 saturated carbocycles. The van der Waals surface area contributed by atoms with E-state index in [0.717, 1.165) is 29.2 Å². The molecule has 1 heterocycles. The first kappa shape index (κ1) is 10.8. The van der Waals surface area contributed by atoms with Gasteiger partial charge in [-0.2, -0.15) is 0 Å². The number of amides is 1. The van der Waals surface area contributed by atoms with Crippen molar-refractivity contribution in [3.05, 3.63) is 20.8 Å². The summed E-state index contributed by atoms with van der Waals surface area (Å²) in [5, 5.41) is 5.09. The number of nitrogens with one attached hydrogen (secondary N) is 1. The zero-order chi connectivity index (χ0) is 11.1. The van der Waals surface area contributed by atoms with Gasteiger partial charge in [-0.1, -0.05) is 0 Å². The average Bonchev–Trinajstić information content (AvgIpc) is 2.71. The molecule has 0 spiro atoms. The van der Waals surface area contributed by atoms with Crippen molar-refractivity contribution in [2.75, 3.05) is 0 Å². The third-order valence-electron chi connectivity index (χ3n) is 3.73. The van der Waals surface area contributed by atoms with Crippen molar-refractivity contribution in [2.45, 2.75) is 25.8 Å². The number of thiophene rings is 1. The summed E-state index contributed by atoms with van der Waals surface area (Å²) in [7, 11) is 0. The quantitative estimate of drug-likeness (QED) is 0.912. The number of carbonyl (C=O) groups is 1. The van der Waals surface area contributed by atoms with Gasteiger partial charge in [-0.15, -0.1) is 11.3 Å². The monoisotopic (exact) mass is 299 g/mol. The molecule has 0 saturated heterocycles. The van der Waals surface area contributed by atoms with Crippen molar-refractivity contribution in [3.8, 4) is 0 Å². The molecule has 2 aliphatic carbocycles. The number of carbonyl (C=O) groups excluding carboxylic acids is 1. The third kappa shape index (κ3) is 2.05. The van der Waals surface area contributed by atoms with Gasteiger partial charge in [-0.25, -0.2) is 0 Å². The van der Waals surface area contributed by atoms with Crippen LogP contribution in [0.25, 0.3) is 0 Å². The molecule has 1 N–H and O–H groups in total. The van der Waals surface area contributed by atoms with Gasteiger partial charge < -0.3 is 5.32 Å². The molecule has 1 aromatic heterocycles. The van der Waals surface area contributed by atoms with Crippen LogP contribution in [0.1, 0.15) is 24.1 Å². The van der Waals surface area contributed by atoms with Crippen molar-refractivity contribution in [1.29, 1.82) is 0 Å². The van der Waals surface area contributed by atoms with Crippen LogP contribution in [0.15, 0.2) is 15.9 Å². The second-order valence-electron chi connectivity index (χ2n) is 4.83. The van der Waals surface area contributed by atoms with Crippen LogP contribution < -0.4 is 5.32 Å². The molecule has 4 heteroatoms. The lowest BCUT2D eigenvalue weighted by atomic mass is 10.0. The van der Waals surface area contributed by atoms with E-state index in [-0.39, 0.29) is 5.91 Å². The van der Waals surface area contributed by atoms with Gasteiger partial charge in [0.25, 0.3) is 0 Å². The minimum absolute atomic E-state index is 0.257. The molecule has 86 valence electrons. The first-order valence-electron chi connectivity index (χ1n) is 5.73. The number of halogens is 1. The van der Waals surface area contributed by atoms with Gasteiger partial charge in [-0.05, 0) is 58.5 Å². The van der Waals surface area contributed by atoms with Gasteiger partial charge in [0.15, 0.2) is 0 Å². The van der Waals surface area contributed by atoms with Gasteiger partial charge >= 0.3 is 0 Å². The first-order chi connectivity index (χ1) is 7.74. The van der Waals surface area contributed by atoms with E-state index >= 15 is 0 Å². The summed E-state index contributed by atoms with van der Waals surface area (Å²) in [6.07, 6.45) is 3.63. The summed E-state index contributed by atoms with van der Waals surface area (Å²) in [6.45, 7) is 0.670. The van der Waals surface area contributed by atoms with Crippen LogP contribution in [0.4, 0.5) is 0 Å². The predicted octanol–water partition coefficient (Wildman–Crippen LogP) is 3.17. The van der Waals surface area contributed by atoms with E-state index in [2.05, 4.69) is 21.2 Å². The van der Waals surface area contributed by atoms with Crippen LogP contribution in [0.3, 0.4) is 0 Å². The Kier molecular flexibility index (Phi) is 2.80. The van der Waals surface area contributed by atoms with Crippen LogP contribution in [0.5, 0.6) is 0 Å². The summed E-state index contributed by atoms with van der Waals surface area (Å²) in [5.74, 6) is 2.31. The average molecular weight is 300 g/mol. The van der Waals surface area contributed by atoms with E-state index in [0.29, 0.717) is 12.5 Å². The van der Waals surface area contributed by atoms with Crippen molar-refractivity contribution in [1.82, 2.24) is 5.32 Å². The Bertz CT molecular complexity index is 407. The van der Waals surface area contributed by atoms with Crippen LogP contribution in [0.2, 0.25) is 0 Å². The van der Waals surface area contributed by atoms with Gasteiger partial charge in [0.1, 0.15) is 0 Å². The standard InChI is InChI=1S/C12H14BrNOS/c13-10-1-2-16-11(10)6-14-12(15)9-4-7-3-8(7)5-9/h1-2,7-9H,3-6H2,(H,14,15). The van der Waals surface area contributed by atoms with E-state index in [1.807, 2.05) is 11.4 Å². The van der Waals surface area contributed by atoms with Gasteiger partial charge in [0, 0.05) is 15.3 Å². The molecule has 2 fully saturated rings. The number of rotatable bonds is 3. The lowest BCUT2D eigenvalue weighted by Crippen LogP contribution is -2.29. The van der Waals surface area contributed by atoms with E-state index in [1.54, 1.807) is 11.3 Å². The number of hydrogen-bond donors (Lipinski definition) is 1. The first-order valence-corrected chi connectivity index (χ1v) is 7.41. The fraction of sp³-hybridized carbons (Fsp3) is 0.583. The molecule has 0 bridgehead atoms. The zero-order valence-corrected chi connectivity index (χ0v) is 11.3. The molecule has 0 radical (unpaired) electrons. The van der Waals surface area contributed by atoms with Crippen LogP contribution in [-0.2, 0) is 11.3 Å². The molecular weight excluding hydrogens is 286 g/mol. The fourth-order valence-electron chi connectivity index (χ4n) is 2.69. The highest BCUT2D eigenvalue weighted by molar-refractivity contribution is 9.10.